The van der Waals surface area contributed by atoms with Gasteiger partial charge in [-0.15, -0.1) is 0 Å². The lowest BCUT2D eigenvalue weighted by Gasteiger charge is -2.39. The molecule has 3 fully saturated rings. The Bertz CT molecular complexity index is 237. The van der Waals surface area contributed by atoms with Gasteiger partial charge in [0, 0.05) is 31.1 Å². The first-order valence-corrected chi connectivity index (χ1v) is 7.57. The summed E-state index contributed by atoms with van der Waals surface area (Å²) in [4.78, 5) is 0. The van der Waals surface area contributed by atoms with Crippen molar-refractivity contribution in [1.82, 2.24) is 5.32 Å². The van der Waals surface area contributed by atoms with Gasteiger partial charge in [-0.2, -0.15) is 11.8 Å². The van der Waals surface area contributed by atoms with E-state index in [-0.39, 0.29) is 5.60 Å². The van der Waals surface area contributed by atoms with E-state index in [0.29, 0.717) is 12.1 Å². The predicted molar refractivity (Wildman–Crippen MR) is 66.0 cm³/mol. The van der Waals surface area contributed by atoms with Crippen molar-refractivity contribution in [3.8, 4) is 0 Å². The summed E-state index contributed by atoms with van der Waals surface area (Å²) in [6.45, 7) is 2.77. The number of rotatable bonds is 2. The van der Waals surface area contributed by atoms with E-state index >= 15 is 0 Å². The van der Waals surface area contributed by atoms with Crippen LogP contribution in [0.4, 0.5) is 0 Å². The molecule has 3 saturated heterocycles. The third-order valence-electron chi connectivity index (χ3n) is 3.96. The van der Waals surface area contributed by atoms with Crippen molar-refractivity contribution in [1.29, 1.82) is 0 Å². The van der Waals surface area contributed by atoms with Crippen LogP contribution >= 0.6 is 11.8 Å². The average molecular weight is 243 g/mol. The molecular formula is C12H21NO2S. The highest BCUT2D eigenvalue weighted by Crippen LogP contribution is 2.38. The highest BCUT2D eigenvalue weighted by Gasteiger charge is 2.40. The molecule has 3 unspecified atom stereocenters. The van der Waals surface area contributed by atoms with E-state index < -0.39 is 0 Å². The molecule has 0 aromatic heterocycles. The number of hydrogen-bond donors (Lipinski definition) is 1. The molecular weight excluding hydrogens is 222 g/mol. The number of hydrogen-bond acceptors (Lipinski definition) is 4. The van der Waals surface area contributed by atoms with Crippen molar-refractivity contribution in [3.05, 3.63) is 0 Å². The van der Waals surface area contributed by atoms with E-state index in [4.69, 9.17) is 9.47 Å². The minimum absolute atomic E-state index is 0.208. The van der Waals surface area contributed by atoms with E-state index in [0.717, 1.165) is 19.8 Å². The van der Waals surface area contributed by atoms with E-state index in [1.54, 1.807) is 0 Å². The van der Waals surface area contributed by atoms with Crippen molar-refractivity contribution in [2.75, 3.05) is 31.3 Å². The van der Waals surface area contributed by atoms with Crippen molar-refractivity contribution < 1.29 is 9.47 Å². The summed E-state index contributed by atoms with van der Waals surface area (Å²) in [7, 11) is 0. The van der Waals surface area contributed by atoms with Crippen LogP contribution < -0.4 is 5.32 Å². The zero-order chi connectivity index (χ0) is 10.8. The smallest absolute Gasteiger partial charge is 0.0795 e. The molecule has 0 aromatic carbocycles. The highest BCUT2D eigenvalue weighted by atomic mass is 32.2. The lowest BCUT2D eigenvalue weighted by Crippen LogP contribution is -2.50. The molecule has 3 aliphatic rings. The topological polar surface area (TPSA) is 30.5 Å². The lowest BCUT2D eigenvalue weighted by atomic mass is 9.89. The van der Waals surface area contributed by atoms with Gasteiger partial charge in [-0.3, -0.25) is 0 Å². The normalized spacial score (nSPS) is 44.2. The molecule has 0 bridgehead atoms. The van der Waals surface area contributed by atoms with Crippen LogP contribution in [0.1, 0.15) is 25.7 Å². The number of thioether (sulfide) groups is 1. The lowest BCUT2D eigenvalue weighted by molar-refractivity contribution is -0.0713. The Labute approximate surface area is 102 Å². The summed E-state index contributed by atoms with van der Waals surface area (Å²) in [6.07, 6.45) is 4.80. The summed E-state index contributed by atoms with van der Waals surface area (Å²) < 4.78 is 11.4. The summed E-state index contributed by atoms with van der Waals surface area (Å²) in [6, 6.07) is 1.24. The van der Waals surface area contributed by atoms with Crippen LogP contribution in [0, 0.1) is 0 Å². The van der Waals surface area contributed by atoms with Gasteiger partial charge in [-0.25, -0.2) is 0 Å². The monoisotopic (exact) mass is 243 g/mol. The molecule has 3 nitrogen and oxygen atoms in total. The van der Waals surface area contributed by atoms with Crippen molar-refractivity contribution in [2.24, 2.45) is 0 Å². The molecule has 3 atom stereocenters. The summed E-state index contributed by atoms with van der Waals surface area (Å²) in [5.41, 5.74) is 0.208. The largest absolute Gasteiger partial charge is 0.380 e. The van der Waals surface area contributed by atoms with Crippen LogP contribution in [0.2, 0.25) is 0 Å². The molecule has 0 radical (unpaired) electrons. The Morgan fingerprint density at radius 2 is 2.12 bits per heavy atom. The SMILES string of the molecule is C1CC(NC2CCOC3(CCSC3)C2)CO1. The van der Waals surface area contributed by atoms with Gasteiger partial charge >= 0.3 is 0 Å². The van der Waals surface area contributed by atoms with E-state index in [2.05, 4.69) is 5.32 Å². The maximum Gasteiger partial charge on any atom is 0.0795 e. The number of nitrogens with one attached hydrogen (secondary N) is 1. The standard InChI is InChI=1S/C12H21NO2S/c1-4-14-8-11(1)13-10-2-5-15-12(7-10)3-6-16-9-12/h10-11,13H,1-9H2. The van der Waals surface area contributed by atoms with Gasteiger partial charge < -0.3 is 14.8 Å². The maximum absolute atomic E-state index is 6.03. The second-order valence-corrected chi connectivity index (χ2v) is 6.36. The molecule has 92 valence electrons. The van der Waals surface area contributed by atoms with Crippen LogP contribution in [0.25, 0.3) is 0 Å². The Morgan fingerprint density at radius 3 is 2.88 bits per heavy atom. The fraction of sp³-hybridized carbons (Fsp3) is 1.00. The molecule has 4 heteroatoms. The maximum atomic E-state index is 6.03. The first kappa shape index (κ1) is 11.3. The molecule has 0 aliphatic carbocycles. The van der Waals surface area contributed by atoms with Crippen LogP contribution in [0.5, 0.6) is 0 Å². The van der Waals surface area contributed by atoms with Crippen LogP contribution in [0.3, 0.4) is 0 Å². The van der Waals surface area contributed by atoms with Gasteiger partial charge in [0.25, 0.3) is 0 Å². The summed E-state index contributed by atoms with van der Waals surface area (Å²) in [5, 5.41) is 3.75. The number of ether oxygens (including phenoxy) is 2. The van der Waals surface area contributed by atoms with E-state index in [9.17, 15) is 0 Å². The molecule has 3 rings (SSSR count). The third kappa shape index (κ3) is 2.40. The van der Waals surface area contributed by atoms with Gasteiger partial charge in [0.1, 0.15) is 0 Å². The molecule has 1 N–H and O–H groups in total. The van der Waals surface area contributed by atoms with Crippen molar-refractivity contribution in [2.45, 2.75) is 43.4 Å². The first-order chi connectivity index (χ1) is 7.86. The van der Waals surface area contributed by atoms with Crippen molar-refractivity contribution >= 4 is 11.8 Å². The minimum atomic E-state index is 0.208. The molecule has 1 spiro atoms. The highest BCUT2D eigenvalue weighted by molar-refractivity contribution is 7.99. The van der Waals surface area contributed by atoms with Gasteiger partial charge in [-0.1, -0.05) is 0 Å². The van der Waals surface area contributed by atoms with Crippen LogP contribution in [-0.2, 0) is 9.47 Å². The van der Waals surface area contributed by atoms with Gasteiger partial charge in [0.2, 0.25) is 0 Å². The second kappa shape index (κ2) is 4.84. The third-order valence-corrected chi connectivity index (χ3v) is 5.18. The summed E-state index contributed by atoms with van der Waals surface area (Å²) in [5.74, 6) is 2.48. The summed E-state index contributed by atoms with van der Waals surface area (Å²) >= 11 is 2.05. The van der Waals surface area contributed by atoms with Gasteiger partial charge in [0.05, 0.1) is 12.2 Å². The zero-order valence-corrected chi connectivity index (χ0v) is 10.6. The fourth-order valence-corrected chi connectivity index (χ4v) is 4.41. The predicted octanol–water partition coefficient (Wildman–Crippen LogP) is 1.42. The van der Waals surface area contributed by atoms with Crippen LogP contribution in [-0.4, -0.2) is 49.0 Å². The quantitative estimate of drug-likeness (QED) is 0.794. The average Bonchev–Trinajstić information content (AvgIpc) is 2.91. The van der Waals surface area contributed by atoms with Crippen molar-refractivity contribution in [3.63, 3.8) is 0 Å². The minimum Gasteiger partial charge on any atom is -0.380 e. The van der Waals surface area contributed by atoms with E-state index in [1.165, 1.54) is 37.2 Å². The Hall–Kier alpha value is 0.230. The zero-order valence-electron chi connectivity index (χ0n) is 9.74. The van der Waals surface area contributed by atoms with Gasteiger partial charge in [-0.05, 0) is 31.4 Å². The second-order valence-electron chi connectivity index (χ2n) is 5.25. The molecule has 0 amide bonds. The Morgan fingerprint density at radius 1 is 1.19 bits per heavy atom. The Balaban J connectivity index is 1.55. The van der Waals surface area contributed by atoms with E-state index in [1.807, 2.05) is 11.8 Å². The molecule has 3 aliphatic heterocycles. The van der Waals surface area contributed by atoms with Crippen LogP contribution in [0.15, 0.2) is 0 Å². The Kier molecular flexibility index (Phi) is 3.43. The molecule has 0 aromatic rings. The fourth-order valence-electron chi connectivity index (χ4n) is 3.03. The molecule has 3 heterocycles. The van der Waals surface area contributed by atoms with Gasteiger partial charge in [0.15, 0.2) is 0 Å². The molecule has 0 saturated carbocycles. The molecule has 16 heavy (non-hydrogen) atoms. The first-order valence-electron chi connectivity index (χ1n) is 6.42.